The quantitative estimate of drug-likeness (QED) is 0.851. The second-order valence-corrected chi connectivity index (χ2v) is 5.52. The molecule has 0 aromatic heterocycles. The maximum atomic E-state index is 13.9. The van der Waals surface area contributed by atoms with E-state index < -0.39 is 11.6 Å². The van der Waals surface area contributed by atoms with Crippen molar-refractivity contribution < 1.29 is 13.9 Å². The molecule has 6 heteroatoms. The molecule has 0 amide bonds. The van der Waals surface area contributed by atoms with Gasteiger partial charge in [-0.3, -0.25) is 9.80 Å². The molecule has 0 bridgehead atoms. The normalized spacial score (nSPS) is 17.9. The Morgan fingerprint density at radius 1 is 1.11 bits per heavy atom. The number of β-amino-alcohol motifs (C(OH)–C–C–N with tert-alkyl or cyclic N) is 1. The average Bonchev–Trinajstić information content (AvgIpc) is 2.41. The predicted octanol–water partition coefficient (Wildman–Crippen LogP) is 1.84. The van der Waals surface area contributed by atoms with Crippen LogP contribution in [0.1, 0.15) is 5.56 Å². The fraction of sp³-hybridized carbons (Fsp3) is 0.538. The van der Waals surface area contributed by atoms with Crippen LogP contribution in [0.5, 0.6) is 0 Å². The molecule has 0 aliphatic carbocycles. The van der Waals surface area contributed by atoms with Crippen LogP contribution >= 0.6 is 15.9 Å². The summed E-state index contributed by atoms with van der Waals surface area (Å²) in [5.74, 6) is -1.02. The minimum atomic E-state index is -0.516. The summed E-state index contributed by atoms with van der Waals surface area (Å²) in [7, 11) is 0. The minimum absolute atomic E-state index is 0.116. The molecule has 1 fully saturated rings. The smallest absolute Gasteiger partial charge is 0.144 e. The SMILES string of the molecule is OCCN1CCN(Cc2c(F)ccc(Br)c2F)CC1. The molecule has 2 rings (SSSR count). The van der Waals surface area contributed by atoms with Crippen LogP contribution in [-0.2, 0) is 6.54 Å². The van der Waals surface area contributed by atoms with Gasteiger partial charge >= 0.3 is 0 Å². The largest absolute Gasteiger partial charge is 0.395 e. The molecule has 1 aliphatic heterocycles. The molecule has 1 saturated heterocycles. The maximum Gasteiger partial charge on any atom is 0.144 e. The summed E-state index contributed by atoms with van der Waals surface area (Å²) < 4.78 is 27.8. The average molecular weight is 335 g/mol. The minimum Gasteiger partial charge on any atom is -0.395 e. The highest BCUT2D eigenvalue weighted by Crippen LogP contribution is 2.23. The van der Waals surface area contributed by atoms with Crippen molar-refractivity contribution in [3.63, 3.8) is 0 Å². The number of hydrogen-bond acceptors (Lipinski definition) is 3. The number of hydrogen-bond donors (Lipinski definition) is 1. The highest BCUT2D eigenvalue weighted by atomic mass is 79.9. The van der Waals surface area contributed by atoms with E-state index in [0.717, 1.165) is 26.2 Å². The van der Waals surface area contributed by atoms with E-state index in [2.05, 4.69) is 20.8 Å². The van der Waals surface area contributed by atoms with Gasteiger partial charge in [-0.1, -0.05) is 0 Å². The van der Waals surface area contributed by atoms with Crippen LogP contribution in [0, 0.1) is 11.6 Å². The first-order valence-electron chi connectivity index (χ1n) is 6.29. The van der Waals surface area contributed by atoms with Gasteiger partial charge in [-0.15, -0.1) is 0 Å². The highest BCUT2D eigenvalue weighted by Gasteiger charge is 2.20. The van der Waals surface area contributed by atoms with Crippen LogP contribution in [0.3, 0.4) is 0 Å². The zero-order chi connectivity index (χ0) is 13.8. The number of aliphatic hydroxyl groups is 1. The molecular weight excluding hydrogens is 318 g/mol. The summed E-state index contributed by atoms with van der Waals surface area (Å²) in [5.41, 5.74) is 0.116. The van der Waals surface area contributed by atoms with Crippen molar-refractivity contribution in [2.45, 2.75) is 6.54 Å². The fourth-order valence-electron chi connectivity index (χ4n) is 2.25. The van der Waals surface area contributed by atoms with E-state index in [4.69, 9.17) is 5.11 Å². The predicted molar refractivity (Wildman–Crippen MR) is 72.9 cm³/mol. The van der Waals surface area contributed by atoms with Crippen molar-refractivity contribution in [1.29, 1.82) is 0 Å². The number of halogens is 3. The molecule has 0 radical (unpaired) electrons. The first-order chi connectivity index (χ1) is 9.11. The molecule has 3 nitrogen and oxygen atoms in total. The molecule has 1 N–H and O–H groups in total. The Kier molecular flexibility index (Phi) is 5.27. The van der Waals surface area contributed by atoms with Gasteiger partial charge in [0.1, 0.15) is 11.6 Å². The number of aliphatic hydroxyl groups excluding tert-OH is 1. The standard InChI is InChI=1S/C13H17BrF2N2O/c14-11-1-2-12(15)10(13(11)16)9-18-5-3-17(4-6-18)7-8-19/h1-2,19H,3-9H2. The molecule has 0 unspecified atom stereocenters. The molecule has 0 saturated carbocycles. The van der Waals surface area contributed by atoms with Crippen molar-refractivity contribution in [2.24, 2.45) is 0 Å². The van der Waals surface area contributed by atoms with Crippen LogP contribution < -0.4 is 0 Å². The Hall–Kier alpha value is -0.560. The molecule has 0 atom stereocenters. The van der Waals surface area contributed by atoms with Gasteiger partial charge in [-0.05, 0) is 28.1 Å². The van der Waals surface area contributed by atoms with Crippen molar-refractivity contribution in [1.82, 2.24) is 9.80 Å². The molecule has 106 valence electrons. The van der Waals surface area contributed by atoms with Crippen LogP contribution in [0.15, 0.2) is 16.6 Å². The summed E-state index contributed by atoms with van der Waals surface area (Å²) in [6.07, 6.45) is 0. The third-order valence-corrected chi connectivity index (χ3v) is 4.01. The van der Waals surface area contributed by atoms with Gasteiger partial charge in [0.05, 0.1) is 11.1 Å². The van der Waals surface area contributed by atoms with Crippen molar-refractivity contribution >= 4 is 15.9 Å². The molecule has 1 aromatic carbocycles. The van der Waals surface area contributed by atoms with Gasteiger partial charge < -0.3 is 5.11 Å². The number of rotatable bonds is 4. The van der Waals surface area contributed by atoms with Crippen LogP contribution in [0.4, 0.5) is 8.78 Å². The molecule has 1 aliphatic rings. The van der Waals surface area contributed by atoms with Crippen molar-refractivity contribution in [3.05, 3.63) is 33.8 Å². The molecule has 0 spiro atoms. The van der Waals surface area contributed by atoms with Gasteiger partial charge in [0.15, 0.2) is 0 Å². The Labute approximate surface area is 119 Å². The van der Waals surface area contributed by atoms with Crippen LogP contribution in [0.2, 0.25) is 0 Å². The Morgan fingerprint density at radius 2 is 1.74 bits per heavy atom. The second kappa shape index (κ2) is 6.74. The topological polar surface area (TPSA) is 26.7 Å². The van der Waals surface area contributed by atoms with Gasteiger partial charge in [0, 0.05) is 44.8 Å². The number of piperazine rings is 1. The molecule has 1 heterocycles. The monoisotopic (exact) mass is 334 g/mol. The summed E-state index contributed by atoms with van der Waals surface area (Å²) in [6, 6.07) is 2.66. The summed E-state index contributed by atoms with van der Waals surface area (Å²) in [6.45, 7) is 4.23. The first-order valence-corrected chi connectivity index (χ1v) is 7.09. The van der Waals surface area contributed by atoms with E-state index in [9.17, 15) is 8.78 Å². The lowest BCUT2D eigenvalue weighted by Crippen LogP contribution is -2.46. The number of benzene rings is 1. The lowest BCUT2D eigenvalue weighted by molar-refractivity contribution is 0.107. The van der Waals surface area contributed by atoms with E-state index in [-0.39, 0.29) is 18.7 Å². The van der Waals surface area contributed by atoms with E-state index in [1.54, 1.807) is 0 Å². The summed E-state index contributed by atoms with van der Waals surface area (Å²) in [5, 5.41) is 8.86. The van der Waals surface area contributed by atoms with Gasteiger partial charge in [0.25, 0.3) is 0 Å². The third-order valence-electron chi connectivity index (χ3n) is 3.40. The van der Waals surface area contributed by atoms with Gasteiger partial charge in [-0.25, -0.2) is 8.78 Å². The zero-order valence-electron chi connectivity index (χ0n) is 10.6. The molecule has 1 aromatic rings. The Balaban J connectivity index is 1.98. The Bertz CT molecular complexity index is 437. The fourth-order valence-corrected chi connectivity index (χ4v) is 2.62. The lowest BCUT2D eigenvalue weighted by atomic mass is 10.1. The van der Waals surface area contributed by atoms with Crippen LogP contribution in [0.25, 0.3) is 0 Å². The summed E-state index contributed by atoms with van der Waals surface area (Å²) >= 11 is 3.08. The van der Waals surface area contributed by atoms with Gasteiger partial charge in [0.2, 0.25) is 0 Å². The van der Waals surface area contributed by atoms with Crippen molar-refractivity contribution in [3.8, 4) is 0 Å². The van der Waals surface area contributed by atoms with E-state index >= 15 is 0 Å². The zero-order valence-corrected chi connectivity index (χ0v) is 12.2. The first kappa shape index (κ1) is 14.8. The lowest BCUT2D eigenvalue weighted by Gasteiger charge is -2.34. The van der Waals surface area contributed by atoms with E-state index in [1.165, 1.54) is 12.1 Å². The van der Waals surface area contributed by atoms with E-state index in [1.807, 2.05) is 4.90 Å². The second-order valence-electron chi connectivity index (χ2n) is 4.66. The number of nitrogens with zero attached hydrogens (tertiary/aromatic N) is 2. The maximum absolute atomic E-state index is 13.9. The van der Waals surface area contributed by atoms with Gasteiger partial charge in [-0.2, -0.15) is 0 Å². The highest BCUT2D eigenvalue weighted by molar-refractivity contribution is 9.10. The van der Waals surface area contributed by atoms with E-state index in [0.29, 0.717) is 11.0 Å². The van der Waals surface area contributed by atoms with Crippen molar-refractivity contribution in [2.75, 3.05) is 39.3 Å². The third kappa shape index (κ3) is 3.72. The van der Waals surface area contributed by atoms with Crippen LogP contribution in [-0.4, -0.2) is 54.2 Å². The molecule has 19 heavy (non-hydrogen) atoms. The molecular formula is C13H17BrF2N2O. The summed E-state index contributed by atoms with van der Waals surface area (Å²) in [4.78, 5) is 4.17. The Morgan fingerprint density at radius 3 is 2.37 bits per heavy atom.